The van der Waals surface area contributed by atoms with Crippen LogP contribution < -0.4 is 15.1 Å². The molecule has 0 fully saturated rings. The second-order valence-electron chi connectivity index (χ2n) is 6.06. The summed E-state index contributed by atoms with van der Waals surface area (Å²) in [5, 5.41) is 0. The van der Waals surface area contributed by atoms with Crippen molar-refractivity contribution < 1.29 is 18.9 Å². The van der Waals surface area contributed by atoms with Crippen LogP contribution >= 0.6 is 0 Å². The van der Waals surface area contributed by atoms with Crippen LogP contribution in [0.25, 0.3) is 0 Å². The van der Waals surface area contributed by atoms with Crippen molar-refractivity contribution in [1.82, 2.24) is 4.98 Å². The number of ether oxygens (including phenoxy) is 4. The van der Waals surface area contributed by atoms with E-state index in [0.29, 0.717) is 37.6 Å². The minimum Gasteiger partial charge on any atom is -0.495 e. The van der Waals surface area contributed by atoms with Crippen LogP contribution in [-0.2, 0) is 9.47 Å². The Balaban J connectivity index is 2.08. The first-order valence-electron chi connectivity index (χ1n) is 8.95. The Morgan fingerprint density at radius 2 is 2.07 bits per heavy atom. The predicted octanol–water partition coefficient (Wildman–Crippen LogP) is 3.27. The summed E-state index contributed by atoms with van der Waals surface area (Å²) in [5.41, 5.74) is 2.20. The monoisotopic (exact) mass is 367 g/mol. The number of rotatable bonds is 11. The van der Waals surface area contributed by atoms with Crippen LogP contribution in [0.3, 0.4) is 0 Å². The summed E-state index contributed by atoms with van der Waals surface area (Å²) in [5.74, 6) is 2.09. The molecule has 0 bridgehead atoms. The standard InChI is InChI=1S/C21H26BNO4/c1-5-25-16(3)14-26-19-10-9-17(13-15(19)2)27-20(11-12-24-4)18-7-6-8-21(22)23-18/h6-10,13,20H,3,5,11-12,14H2,1-2,4H3. The molecule has 0 saturated heterocycles. The maximum Gasteiger partial charge on any atom is 0.145 e. The minimum absolute atomic E-state index is 0.252. The highest BCUT2D eigenvalue weighted by atomic mass is 16.5. The molecular formula is C21H26BNO4. The lowest BCUT2D eigenvalue weighted by Gasteiger charge is -2.20. The van der Waals surface area contributed by atoms with Gasteiger partial charge in [0.2, 0.25) is 0 Å². The normalized spacial score (nSPS) is 11.7. The molecule has 0 saturated carbocycles. The first-order valence-corrected chi connectivity index (χ1v) is 8.95. The molecule has 2 radical (unpaired) electrons. The third kappa shape index (κ3) is 6.64. The van der Waals surface area contributed by atoms with E-state index in [-0.39, 0.29) is 6.10 Å². The van der Waals surface area contributed by atoms with Gasteiger partial charge in [-0.15, -0.1) is 0 Å². The maximum atomic E-state index is 6.16. The van der Waals surface area contributed by atoms with Crippen molar-refractivity contribution >= 4 is 13.4 Å². The van der Waals surface area contributed by atoms with Crippen molar-refractivity contribution in [3.63, 3.8) is 0 Å². The second-order valence-corrected chi connectivity index (χ2v) is 6.06. The molecule has 0 N–H and O–H groups in total. The van der Waals surface area contributed by atoms with E-state index in [9.17, 15) is 0 Å². The lowest BCUT2D eigenvalue weighted by atomic mass is 10.0. The van der Waals surface area contributed by atoms with Gasteiger partial charge in [0.05, 0.1) is 18.9 Å². The molecular weight excluding hydrogens is 341 g/mol. The second kappa shape index (κ2) is 10.6. The molecule has 6 heteroatoms. The maximum absolute atomic E-state index is 6.16. The van der Waals surface area contributed by atoms with Crippen LogP contribution in [0.4, 0.5) is 0 Å². The number of aryl methyl sites for hydroxylation is 1. The first-order chi connectivity index (χ1) is 13.0. The molecule has 2 aromatic rings. The van der Waals surface area contributed by atoms with Gasteiger partial charge in [0.25, 0.3) is 0 Å². The van der Waals surface area contributed by atoms with E-state index in [0.717, 1.165) is 22.8 Å². The summed E-state index contributed by atoms with van der Waals surface area (Å²) in [6.07, 6.45) is 0.413. The van der Waals surface area contributed by atoms with E-state index in [1.807, 2.05) is 44.2 Å². The van der Waals surface area contributed by atoms with Gasteiger partial charge in [0.15, 0.2) is 0 Å². The molecule has 142 valence electrons. The van der Waals surface area contributed by atoms with E-state index < -0.39 is 0 Å². The quantitative estimate of drug-likeness (QED) is 0.451. The van der Waals surface area contributed by atoms with Crippen molar-refractivity contribution in [1.29, 1.82) is 0 Å². The summed E-state index contributed by atoms with van der Waals surface area (Å²) in [6.45, 7) is 9.15. The van der Waals surface area contributed by atoms with Crippen LogP contribution in [0.1, 0.15) is 30.7 Å². The van der Waals surface area contributed by atoms with Crippen molar-refractivity contribution in [2.75, 3.05) is 26.9 Å². The molecule has 0 amide bonds. The number of hydrogen-bond donors (Lipinski definition) is 0. The molecule has 1 unspecified atom stereocenters. The third-order valence-electron chi connectivity index (χ3n) is 3.87. The minimum atomic E-state index is -0.252. The van der Waals surface area contributed by atoms with Gasteiger partial charge in [-0.25, -0.2) is 0 Å². The average molecular weight is 367 g/mol. The molecule has 1 heterocycles. The smallest absolute Gasteiger partial charge is 0.145 e. The molecule has 0 spiro atoms. The molecule has 1 aromatic heterocycles. The van der Waals surface area contributed by atoms with Gasteiger partial charge in [0.1, 0.15) is 37.8 Å². The van der Waals surface area contributed by atoms with Crippen molar-refractivity contribution in [3.05, 3.63) is 60.0 Å². The molecule has 1 aromatic carbocycles. The lowest BCUT2D eigenvalue weighted by Crippen LogP contribution is -2.17. The zero-order valence-corrected chi connectivity index (χ0v) is 16.2. The Kier molecular flexibility index (Phi) is 8.20. The first kappa shape index (κ1) is 20.8. The third-order valence-corrected chi connectivity index (χ3v) is 3.87. The topological polar surface area (TPSA) is 49.8 Å². The summed E-state index contributed by atoms with van der Waals surface area (Å²) in [7, 11) is 7.47. The van der Waals surface area contributed by atoms with Crippen molar-refractivity contribution in [3.8, 4) is 11.5 Å². The van der Waals surface area contributed by atoms with Gasteiger partial charge < -0.3 is 18.9 Å². The van der Waals surface area contributed by atoms with Gasteiger partial charge in [-0.3, -0.25) is 4.98 Å². The fourth-order valence-corrected chi connectivity index (χ4v) is 2.57. The van der Waals surface area contributed by atoms with Crippen LogP contribution in [-0.4, -0.2) is 39.8 Å². The van der Waals surface area contributed by atoms with Crippen LogP contribution in [0.15, 0.2) is 48.7 Å². The summed E-state index contributed by atoms with van der Waals surface area (Å²) >= 11 is 0. The summed E-state index contributed by atoms with van der Waals surface area (Å²) in [4.78, 5) is 4.38. The Labute approximate surface area is 162 Å². The van der Waals surface area contributed by atoms with Crippen LogP contribution in [0.2, 0.25) is 0 Å². The van der Waals surface area contributed by atoms with Gasteiger partial charge in [-0.05, 0) is 49.3 Å². The van der Waals surface area contributed by atoms with E-state index in [4.69, 9.17) is 26.8 Å². The van der Waals surface area contributed by atoms with E-state index >= 15 is 0 Å². The van der Waals surface area contributed by atoms with Gasteiger partial charge in [-0.2, -0.15) is 0 Å². The number of nitrogens with zero attached hydrogens (tertiary/aromatic N) is 1. The Bertz CT molecular complexity index is 751. The highest BCUT2D eigenvalue weighted by Crippen LogP contribution is 2.28. The number of methoxy groups -OCH3 is 1. The van der Waals surface area contributed by atoms with E-state index in [2.05, 4.69) is 11.6 Å². The van der Waals surface area contributed by atoms with E-state index in [1.54, 1.807) is 13.2 Å². The molecule has 1 atom stereocenters. The van der Waals surface area contributed by atoms with E-state index in [1.165, 1.54) is 0 Å². The molecule has 0 aliphatic heterocycles. The molecule has 0 aliphatic carbocycles. The van der Waals surface area contributed by atoms with Crippen molar-refractivity contribution in [2.24, 2.45) is 0 Å². The fourth-order valence-electron chi connectivity index (χ4n) is 2.57. The molecule has 27 heavy (non-hydrogen) atoms. The number of hydrogen-bond acceptors (Lipinski definition) is 5. The summed E-state index contributed by atoms with van der Waals surface area (Å²) < 4.78 is 22.4. The lowest BCUT2D eigenvalue weighted by molar-refractivity contribution is 0.123. The number of pyridine rings is 1. The zero-order chi connectivity index (χ0) is 19.6. The number of benzene rings is 1. The average Bonchev–Trinajstić information content (AvgIpc) is 2.64. The molecule has 2 rings (SSSR count). The fraction of sp³-hybridized carbons (Fsp3) is 0.381. The SMILES string of the molecule is [B]c1cccc(C(CCOC)Oc2ccc(OCC(=C)OCC)c(C)c2)n1. The van der Waals surface area contributed by atoms with Gasteiger partial charge in [0, 0.05) is 13.5 Å². The highest BCUT2D eigenvalue weighted by Gasteiger charge is 2.16. The van der Waals surface area contributed by atoms with Crippen LogP contribution in [0.5, 0.6) is 11.5 Å². The largest absolute Gasteiger partial charge is 0.495 e. The predicted molar refractivity (Wildman–Crippen MR) is 107 cm³/mol. The van der Waals surface area contributed by atoms with Gasteiger partial charge in [-0.1, -0.05) is 18.7 Å². The molecule has 5 nitrogen and oxygen atoms in total. The number of aromatic nitrogens is 1. The molecule has 0 aliphatic rings. The summed E-state index contributed by atoms with van der Waals surface area (Å²) in [6, 6.07) is 11.2. The van der Waals surface area contributed by atoms with Crippen molar-refractivity contribution in [2.45, 2.75) is 26.4 Å². The van der Waals surface area contributed by atoms with Crippen LogP contribution in [0, 0.1) is 6.92 Å². The zero-order valence-electron chi connectivity index (χ0n) is 16.2. The van der Waals surface area contributed by atoms with Gasteiger partial charge >= 0.3 is 0 Å². The highest BCUT2D eigenvalue weighted by molar-refractivity contribution is 6.30. The Morgan fingerprint density at radius 3 is 2.74 bits per heavy atom. The Morgan fingerprint density at radius 1 is 1.26 bits per heavy atom. The Hall–Kier alpha value is -2.47.